The van der Waals surface area contributed by atoms with Crippen molar-refractivity contribution in [3.05, 3.63) is 47.0 Å². The van der Waals surface area contributed by atoms with Gasteiger partial charge < -0.3 is 5.73 Å². The molecule has 0 aliphatic carbocycles. The molecule has 0 saturated carbocycles. The molecule has 1 aromatic heterocycles. The van der Waals surface area contributed by atoms with Crippen LogP contribution in [-0.4, -0.2) is 10.8 Å². The van der Waals surface area contributed by atoms with E-state index in [0.717, 1.165) is 11.3 Å². The largest absolute Gasteiger partial charge is 0.375 e. The summed E-state index contributed by atoms with van der Waals surface area (Å²) in [5.74, 6) is 0.163. The Morgan fingerprint density at radius 1 is 1.25 bits per heavy atom. The van der Waals surface area contributed by atoms with Crippen LogP contribution in [0.25, 0.3) is 0 Å². The Hall–Kier alpha value is -1.68. The number of nitrogens with two attached hydrogens (primary N) is 1. The molecule has 0 fully saturated rings. The number of hydrogen-bond donors (Lipinski definition) is 1. The lowest BCUT2D eigenvalue weighted by atomic mass is 10.1. The smallest absolute Gasteiger partial charge is 0.180 e. The Balaban J connectivity index is 1.95. The normalized spacial score (nSPS) is 10.2. The van der Waals surface area contributed by atoms with Crippen LogP contribution in [0.15, 0.2) is 35.7 Å². The Labute approximate surface area is 97.9 Å². The fourth-order valence-electron chi connectivity index (χ4n) is 1.49. The molecule has 0 unspecified atom stereocenters. The van der Waals surface area contributed by atoms with E-state index >= 15 is 0 Å². The first-order valence-electron chi connectivity index (χ1n) is 4.99. The van der Waals surface area contributed by atoms with Crippen molar-refractivity contribution in [3.8, 4) is 0 Å². The van der Waals surface area contributed by atoms with Gasteiger partial charge in [0, 0.05) is 18.2 Å². The molecule has 4 heteroatoms. The van der Waals surface area contributed by atoms with Crippen LogP contribution in [0.5, 0.6) is 0 Å². The Morgan fingerprint density at radius 3 is 2.62 bits per heavy atom. The molecule has 0 atom stereocenters. The standard InChI is InChI=1S/C12H12N2OS/c13-12-14-10(8-16-12)7-11(15)6-9-4-2-1-3-5-9/h1-5,8H,6-7H2,(H2,13,14). The van der Waals surface area contributed by atoms with Crippen molar-refractivity contribution in [1.29, 1.82) is 0 Å². The number of hydrogen-bond acceptors (Lipinski definition) is 4. The van der Waals surface area contributed by atoms with Crippen LogP contribution >= 0.6 is 11.3 Å². The van der Waals surface area contributed by atoms with E-state index in [4.69, 9.17) is 5.73 Å². The summed E-state index contributed by atoms with van der Waals surface area (Å²) < 4.78 is 0. The van der Waals surface area contributed by atoms with Gasteiger partial charge in [-0.3, -0.25) is 4.79 Å². The molecule has 2 rings (SSSR count). The molecular formula is C12H12N2OS. The van der Waals surface area contributed by atoms with Crippen molar-refractivity contribution >= 4 is 22.3 Å². The number of aromatic nitrogens is 1. The second-order valence-electron chi connectivity index (χ2n) is 3.55. The van der Waals surface area contributed by atoms with Crippen molar-refractivity contribution in [2.24, 2.45) is 0 Å². The minimum Gasteiger partial charge on any atom is -0.375 e. The summed E-state index contributed by atoms with van der Waals surface area (Å²) >= 11 is 1.37. The summed E-state index contributed by atoms with van der Waals surface area (Å²) in [7, 11) is 0. The van der Waals surface area contributed by atoms with E-state index < -0.39 is 0 Å². The highest BCUT2D eigenvalue weighted by Crippen LogP contribution is 2.12. The zero-order valence-electron chi connectivity index (χ0n) is 8.72. The fourth-order valence-corrected chi connectivity index (χ4v) is 2.05. The number of thiazole rings is 1. The molecule has 0 amide bonds. The third kappa shape index (κ3) is 2.90. The van der Waals surface area contributed by atoms with E-state index in [1.54, 1.807) is 0 Å². The molecule has 16 heavy (non-hydrogen) atoms. The van der Waals surface area contributed by atoms with Gasteiger partial charge in [-0.1, -0.05) is 30.3 Å². The summed E-state index contributed by atoms with van der Waals surface area (Å²) in [6.45, 7) is 0. The molecule has 82 valence electrons. The highest BCUT2D eigenvalue weighted by Gasteiger charge is 2.07. The minimum absolute atomic E-state index is 0.163. The van der Waals surface area contributed by atoms with Gasteiger partial charge in [-0.2, -0.15) is 0 Å². The van der Waals surface area contributed by atoms with Crippen LogP contribution in [0, 0.1) is 0 Å². The van der Waals surface area contributed by atoms with Crippen LogP contribution in [0.4, 0.5) is 5.13 Å². The van der Waals surface area contributed by atoms with E-state index in [0.29, 0.717) is 18.0 Å². The predicted octanol–water partition coefficient (Wildman–Crippen LogP) is 2.08. The van der Waals surface area contributed by atoms with E-state index in [1.165, 1.54) is 11.3 Å². The van der Waals surface area contributed by atoms with Crippen LogP contribution in [-0.2, 0) is 17.6 Å². The highest BCUT2D eigenvalue weighted by atomic mass is 32.1. The summed E-state index contributed by atoms with van der Waals surface area (Å²) in [4.78, 5) is 15.8. The van der Waals surface area contributed by atoms with Crippen molar-refractivity contribution in [2.75, 3.05) is 5.73 Å². The van der Waals surface area contributed by atoms with E-state index in [1.807, 2.05) is 35.7 Å². The second-order valence-corrected chi connectivity index (χ2v) is 4.44. The second kappa shape index (κ2) is 4.90. The SMILES string of the molecule is Nc1nc(CC(=O)Cc2ccccc2)cs1. The van der Waals surface area contributed by atoms with Gasteiger partial charge in [0.25, 0.3) is 0 Å². The zero-order valence-corrected chi connectivity index (χ0v) is 9.54. The number of carbonyl (C=O) groups is 1. The number of nitrogens with zero attached hydrogens (tertiary/aromatic N) is 1. The van der Waals surface area contributed by atoms with Crippen LogP contribution < -0.4 is 5.73 Å². The Morgan fingerprint density at radius 2 is 2.00 bits per heavy atom. The average Bonchev–Trinajstić information content (AvgIpc) is 2.65. The number of anilines is 1. The van der Waals surface area contributed by atoms with Crippen LogP contribution in [0.3, 0.4) is 0 Å². The molecule has 0 bridgehead atoms. The van der Waals surface area contributed by atoms with Crippen LogP contribution in [0.2, 0.25) is 0 Å². The van der Waals surface area contributed by atoms with Gasteiger partial charge in [-0.05, 0) is 5.56 Å². The highest BCUT2D eigenvalue weighted by molar-refractivity contribution is 7.13. The predicted molar refractivity (Wildman–Crippen MR) is 65.4 cm³/mol. The van der Waals surface area contributed by atoms with Gasteiger partial charge in [0.15, 0.2) is 5.13 Å². The van der Waals surface area contributed by atoms with Gasteiger partial charge in [0.2, 0.25) is 0 Å². The first-order valence-corrected chi connectivity index (χ1v) is 5.87. The third-order valence-corrected chi connectivity index (χ3v) is 2.91. The van der Waals surface area contributed by atoms with Gasteiger partial charge >= 0.3 is 0 Å². The molecular weight excluding hydrogens is 220 g/mol. The topological polar surface area (TPSA) is 56.0 Å². The first-order chi connectivity index (χ1) is 7.74. The molecule has 0 radical (unpaired) electrons. The summed E-state index contributed by atoms with van der Waals surface area (Å²) in [5.41, 5.74) is 7.31. The first kappa shape index (κ1) is 10.8. The van der Waals surface area contributed by atoms with E-state index in [9.17, 15) is 4.79 Å². The molecule has 2 aromatic rings. The van der Waals surface area contributed by atoms with Gasteiger partial charge in [0.05, 0.1) is 5.69 Å². The molecule has 3 nitrogen and oxygen atoms in total. The van der Waals surface area contributed by atoms with Crippen molar-refractivity contribution in [3.63, 3.8) is 0 Å². The quantitative estimate of drug-likeness (QED) is 0.878. The maximum atomic E-state index is 11.7. The molecule has 0 spiro atoms. The molecule has 0 aliphatic rings. The molecule has 2 N–H and O–H groups in total. The van der Waals surface area contributed by atoms with Crippen molar-refractivity contribution < 1.29 is 4.79 Å². The van der Waals surface area contributed by atoms with Gasteiger partial charge in [-0.15, -0.1) is 11.3 Å². The number of rotatable bonds is 4. The van der Waals surface area contributed by atoms with E-state index in [2.05, 4.69) is 4.98 Å². The summed E-state index contributed by atoms with van der Waals surface area (Å²) in [6, 6.07) is 9.71. The molecule has 0 aliphatic heterocycles. The zero-order chi connectivity index (χ0) is 11.4. The number of nitrogen functional groups attached to an aromatic ring is 1. The third-order valence-electron chi connectivity index (χ3n) is 2.19. The van der Waals surface area contributed by atoms with Crippen molar-refractivity contribution in [2.45, 2.75) is 12.8 Å². The van der Waals surface area contributed by atoms with Crippen LogP contribution in [0.1, 0.15) is 11.3 Å². The average molecular weight is 232 g/mol. The van der Waals surface area contributed by atoms with Gasteiger partial charge in [0.1, 0.15) is 5.78 Å². The fraction of sp³-hybridized carbons (Fsp3) is 0.167. The number of Topliss-reactive ketones (excluding diaryl/α,β-unsaturated/α-hetero) is 1. The molecule has 1 aromatic carbocycles. The number of ketones is 1. The number of carbonyl (C=O) groups excluding carboxylic acids is 1. The molecule has 0 saturated heterocycles. The monoisotopic (exact) mass is 232 g/mol. The van der Waals surface area contributed by atoms with Crippen molar-refractivity contribution in [1.82, 2.24) is 4.98 Å². The number of benzene rings is 1. The maximum absolute atomic E-state index is 11.7. The lowest BCUT2D eigenvalue weighted by molar-refractivity contribution is -0.117. The Bertz CT molecular complexity index is 479. The minimum atomic E-state index is 0.163. The lowest BCUT2D eigenvalue weighted by Gasteiger charge is -1.98. The van der Waals surface area contributed by atoms with Gasteiger partial charge in [-0.25, -0.2) is 4.98 Å². The molecule has 1 heterocycles. The Kier molecular flexibility index (Phi) is 3.31. The maximum Gasteiger partial charge on any atom is 0.180 e. The van der Waals surface area contributed by atoms with E-state index in [-0.39, 0.29) is 5.78 Å². The summed E-state index contributed by atoms with van der Waals surface area (Å²) in [6.07, 6.45) is 0.820. The lowest BCUT2D eigenvalue weighted by Crippen LogP contribution is -2.06. The summed E-state index contributed by atoms with van der Waals surface area (Å²) in [5, 5.41) is 2.35.